The van der Waals surface area contributed by atoms with Crippen molar-refractivity contribution >= 4 is 38.6 Å². The number of hydrogen-bond acceptors (Lipinski definition) is 5. The molecule has 0 N–H and O–H groups in total. The Morgan fingerprint density at radius 1 is 1.41 bits per heavy atom. The van der Waals surface area contributed by atoms with E-state index in [1.807, 2.05) is 7.05 Å². The van der Waals surface area contributed by atoms with Crippen molar-refractivity contribution < 1.29 is 4.55 Å². The Balaban J connectivity index is 2.47. The Labute approximate surface area is 103 Å². The summed E-state index contributed by atoms with van der Waals surface area (Å²) in [5.74, 6) is 0.555. The highest BCUT2D eigenvalue weighted by Crippen LogP contribution is 2.21. The summed E-state index contributed by atoms with van der Waals surface area (Å²) in [4.78, 5) is 21.1. The molecule has 0 saturated carbocycles. The van der Waals surface area contributed by atoms with Gasteiger partial charge in [-0.1, -0.05) is 0 Å². The van der Waals surface area contributed by atoms with E-state index in [0.29, 0.717) is 14.9 Å². The van der Waals surface area contributed by atoms with Gasteiger partial charge in [-0.2, -0.15) is 4.98 Å². The number of imidazole rings is 1. The molecule has 0 aromatic carbocycles. The van der Waals surface area contributed by atoms with E-state index in [9.17, 15) is 9.35 Å². The third-order valence-corrected chi connectivity index (χ3v) is 4.71. The first-order valence-electron chi connectivity index (χ1n) is 4.75. The van der Waals surface area contributed by atoms with Gasteiger partial charge in [0, 0.05) is 30.6 Å². The Kier molecular flexibility index (Phi) is 2.25. The summed E-state index contributed by atoms with van der Waals surface area (Å²) in [5.41, 5.74) is 0.0578. The van der Waals surface area contributed by atoms with Gasteiger partial charge in [0.25, 0.3) is 5.56 Å². The van der Waals surface area contributed by atoms with E-state index < -0.39 is 11.2 Å². The fraction of sp³-hybridized carbons (Fsp3) is 0.222. The van der Waals surface area contributed by atoms with Crippen molar-refractivity contribution in [2.45, 2.75) is 4.34 Å². The predicted octanol–water partition coefficient (Wildman–Crippen LogP) is 0.380. The number of hydrogen-bond donors (Lipinski definition) is 0. The zero-order chi connectivity index (χ0) is 12.2. The monoisotopic (exact) mass is 268 g/mol. The minimum Gasteiger partial charge on any atom is -0.610 e. The fourth-order valence-corrected chi connectivity index (χ4v) is 3.18. The third kappa shape index (κ3) is 1.48. The van der Waals surface area contributed by atoms with E-state index in [1.165, 1.54) is 22.0 Å². The van der Waals surface area contributed by atoms with E-state index in [4.69, 9.17) is 0 Å². The number of aryl methyl sites for hydroxylation is 1. The first-order valence-corrected chi connectivity index (χ1v) is 7.13. The average molecular weight is 268 g/mol. The molecule has 0 saturated heterocycles. The minimum atomic E-state index is -1.19. The van der Waals surface area contributed by atoms with E-state index in [1.54, 1.807) is 17.0 Å². The topological polar surface area (TPSA) is 75.2 Å². The second kappa shape index (κ2) is 3.56. The summed E-state index contributed by atoms with van der Waals surface area (Å²) >= 11 is 0.00929. The molecule has 0 bridgehead atoms. The van der Waals surface area contributed by atoms with Crippen molar-refractivity contribution in [1.82, 2.24) is 18.9 Å². The van der Waals surface area contributed by atoms with Gasteiger partial charge >= 0.3 is 4.34 Å². The zero-order valence-corrected chi connectivity index (χ0v) is 10.7. The number of nitrogens with zero attached hydrogens (tertiary/aromatic N) is 4. The summed E-state index contributed by atoms with van der Waals surface area (Å²) in [6, 6.07) is 0. The second-order valence-electron chi connectivity index (χ2n) is 3.58. The van der Waals surface area contributed by atoms with E-state index in [2.05, 4.69) is 9.97 Å². The smallest absolute Gasteiger partial charge is 0.304 e. The number of rotatable bonds is 1. The van der Waals surface area contributed by atoms with Gasteiger partial charge in [0.05, 0.1) is 0 Å². The minimum absolute atomic E-state index is 0.224. The third-order valence-electron chi connectivity index (χ3n) is 2.43. The quantitative estimate of drug-likeness (QED) is 0.598. The van der Waals surface area contributed by atoms with E-state index in [0.717, 1.165) is 0 Å². The number of thiazole rings is 1. The molecule has 3 aromatic rings. The summed E-state index contributed by atoms with van der Waals surface area (Å²) in [6.07, 6.45) is 4.94. The van der Waals surface area contributed by atoms with Crippen LogP contribution in [0.15, 0.2) is 21.5 Å². The largest absolute Gasteiger partial charge is 0.610 e. The lowest BCUT2D eigenvalue weighted by Crippen LogP contribution is -2.14. The van der Waals surface area contributed by atoms with Crippen LogP contribution in [0.1, 0.15) is 0 Å². The van der Waals surface area contributed by atoms with Crippen LogP contribution in [0.25, 0.3) is 16.1 Å². The van der Waals surface area contributed by atoms with Crippen molar-refractivity contribution in [2.24, 2.45) is 7.05 Å². The predicted molar refractivity (Wildman–Crippen MR) is 65.9 cm³/mol. The molecule has 6 nitrogen and oxygen atoms in total. The molecule has 0 spiro atoms. The lowest BCUT2D eigenvalue weighted by Gasteiger charge is -1.94. The van der Waals surface area contributed by atoms with Crippen LogP contribution < -0.4 is 5.56 Å². The first kappa shape index (κ1) is 10.8. The van der Waals surface area contributed by atoms with Gasteiger partial charge in [-0.3, -0.25) is 4.79 Å². The molecular formula is C9H8N4O2S2. The maximum absolute atomic E-state index is 12.1. The molecule has 8 heteroatoms. The molecule has 0 aliphatic heterocycles. The first-order chi connectivity index (χ1) is 8.08. The summed E-state index contributed by atoms with van der Waals surface area (Å²) in [6.45, 7) is 0. The van der Waals surface area contributed by atoms with Crippen molar-refractivity contribution in [3.05, 3.63) is 22.7 Å². The molecule has 3 heterocycles. The molecule has 1 unspecified atom stereocenters. The molecule has 3 rings (SSSR count). The second-order valence-corrected chi connectivity index (χ2v) is 6.11. The molecular weight excluding hydrogens is 260 g/mol. The molecule has 88 valence electrons. The molecule has 0 aliphatic rings. The van der Waals surface area contributed by atoms with Crippen LogP contribution in [0.4, 0.5) is 0 Å². The van der Waals surface area contributed by atoms with Crippen LogP contribution in [0.5, 0.6) is 0 Å². The highest BCUT2D eigenvalue weighted by molar-refractivity contribution is 7.92. The van der Waals surface area contributed by atoms with Gasteiger partial charge in [-0.15, -0.1) is 0 Å². The molecule has 0 radical (unpaired) electrons. The maximum Gasteiger partial charge on any atom is 0.304 e. The Morgan fingerprint density at radius 2 is 2.18 bits per heavy atom. The molecule has 3 aromatic heterocycles. The average Bonchev–Trinajstić information content (AvgIpc) is 2.85. The van der Waals surface area contributed by atoms with Crippen LogP contribution in [-0.4, -0.2) is 29.7 Å². The highest BCUT2D eigenvalue weighted by Gasteiger charge is 2.17. The van der Waals surface area contributed by atoms with Crippen LogP contribution in [0, 0.1) is 0 Å². The van der Waals surface area contributed by atoms with Crippen LogP contribution in [0.2, 0.25) is 0 Å². The Morgan fingerprint density at radius 3 is 2.88 bits per heavy atom. The van der Waals surface area contributed by atoms with Crippen LogP contribution in [-0.2, 0) is 18.2 Å². The Hall–Kier alpha value is -1.38. The standard InChI is InChI=1S/C9H8N4O2S2/c1-12-3-4-13-7(14)5-6(11-8(12)13)16-9(10-5)17(2)15/h3-4H,1-2H3. The van der Waals surface area contributed by atoms with Gasteiger partial charge in [0.2, 0.25) is 5.78 Å². The summed E-state index contributed by atoms with van der Waals surface area (Å²) in [5, 5.41) is 0. The van der Waals surface area contributed by atoms with Gasteiger partial charge < -0.3 is 9.12 Å². The lowest BCUT2D eigenvalue weighted by molar-refractivity contribution is 0.600. The zero-order valence-electron chi connectivity index (χ0n) is 9.08. The van der Waals surface area contributed by atoms with Crippen molar-refractivity contribution in [3.63, 3.8) is 0 Å². The van der Waals surface area contributed by atoms with Gasteiger partial charge in [-0.05, 0) is 11.3 Å². The summed E-state index contributed by atoms with van der Waals surface area (Å²) in [7, 11) is 1.81. The number of fused-ring (bicyclic) bond motifs is 2. The summed E-state index contributed by atoms with van der Waals surface area (Å²) < 4.78 is 15.0. The number of aromatic nitrogens is 4. The Bertz CT molecular complexity index is 770. The SMILES string of the molecule is Cn1ccn2c(=O)c3nc([S+](C)[O-])sc3nc12. The van der Waals surface area contributed by atoms with Crippen LogP contribution in [0.3, 0.4) is 0 Å². The normalized spacial score (nSPS) is 13.6. The molecule has 1 atom stereocenters. The van der Waals surface area contributed by atoms with Crippen molar-refractivity contribution in [2.75, 3.05) is 6.26 Å². The van der Waals surface area contributed by atoms with Crippen molar-refractivity contribution in [1.29, 1.82) is 0 Å². The van der Waals surface area contributed by atoms with Gasteiger partial charge in [0.1, 0.15) is 6.26 Å². The van der Waals surface area contributed by atoms with E-state index in [-0.39, 0.29) is 11.1 Å². The van der Waals surface area contributed by atoms with Gasteiger partial charge in [-0.25, -0.2) is 9.38 Å². The van der Waals surface area contributed by atoms with Crippen LogP contribution >= 0.6 is 11.3 Å². The van der Waals surface area contributed by atoms with Crippen molar-refractivity contribution in [3.8, 4) is 0 Å². The molecule has 17 heavy (non-hydrogen) atoms. The van der Waals surface area contributed by atoms with Gasteiger partial charge in [0.15, 0.2) is 10.3 Å². The molecule has 0 aliphatic carbocycles. The maximum atomic E-state index is 12.1. The molecule has 0 fully saturated rings. The fourth-order valence-electron chi connectivity index (χ4n) is 1.60. The highest BCUT2D eigenvalue weighted by atomic mass is 32.2. The van der Waals surface area contributed by atoms with E-state index >= 15 is 0 Å². The molecule has 0 amide bonds. The lowest BCUT2D eigenvalue weighted by atomic mass is 10.6.